The quantitative estimate of drug-likeness (QED) is 0.851. The third-order valence-electron chi connectivity index (χ3n) is 5.71. The van der Waals surface area contributed by atoms with E-state index in [4.69, 9.17) is 4.74 Å². The van der Waals surface area contributed by atoms with Crippen LogP contribution in [0.15, 0.2) is 12.4 Å². The molecule has 1 N–H and O–H groups in total. The van der Waals surface area contributed by atoms with E-state index in [0.717, 1.165) is 76.0 Å². The molecule has 0 amide bonds. The van der Waals surface area contributed by atoms with E-state index >= 15 is 0 Å². The zero-order valence-electron chi connectivity index (χ0n) is 15.0. The van der Waals surface area contributed by atoms with Gasteiger partial charge in [-0.25, -0.2) is 9.97 Å². The number of aliphatic hydroxyl groups is 1. The third-order valence-corrected chi connectivity index (χ3v) is 5.71. The van der Waals surface area contributed by atoms with Crippen LogP contribution in [0.2, 0.25) is 0 Å². The van der Waals surface area contributed by atoms with Crippen molar-refractivity contribution in [3.05, 3.63) is 12.4 Å². The number of hydrogen-bond donors (Lipinski definition) is 1. The highest BCUT2D eigenvalue weighted by atomic mass is 16.5. The van der Waals surface area contributed by atoms with Gasteiger partial charge in [-0.05, 0) is 50.4 Å². The van der Waals surface area contributed by atoms with Gasteiger partial charge < -0.3 is 19.6 Å². The summed E-state index contributed by atoms with van der Waals surface area (Å²) in [7, 11) is 0. The fourth-order valence-electron chi connectivity index (χ4n) is 3.94. The van der Waals surface area contributed by atoms with E-state index in [2.05, 4.69) is 25.8 Å². The predicted molar refractivity (Wildman–Crippen MR) is 98.0 cm³/mol. The first-order valence-corrected chi connectivity index (χ1v) is 9.86. The molecule has 6 heteroatoms. The van der Waals surface area contributed by atoms with Gasteiger partial charge in [0.25, 0.3) is 0 Å². The molecular weight excluding hydrogens is 316 g/mol. The predicted octanol–water partition coefficient (Wildman–Crippen LogP) is 2.08. The van der Waals surface area contributed by atoms with Crippen molar-refractivity contribution in [1.29, 1.82) is 0 Å². The Kier molecular flexibility index (Phi) is 5.36. The molecular formula is C19H30N4O2. The monoisotopic (exact) mass is 346 g/mol. The van der Waals surface area contributed by atoms with E-state index in [1.54, 1.807) is 6.33 Å². The molecule has 3 heterocycles. The normalized spacial score (nSPS) is 27.6. The van der Waals surface area contributed by atoms with E-state index < -0.39 is 0 Å². The van der Waals surface area contributed by atoms with Gasteiger partial charge in [0.15, 0.2) is 0 Å². The van der Waals surface area contributed by atoms with Gasteiger partial charge >= 0.3 is 0 Å². The second-order valence-corrected chi connectivity index (χ2v) is 7.86. The summed E-state index contributed by atoms with van der Waals surface area (Å²) in [5.41, 5.74) is 0. The van der Waals surface area contributed by atoms with Gasteiger partial charge in [-0.2, -0.15) is 0 Å². The minimum absolute atomic E-state index is 0.264. The van der Waals surface area contributed by atoms with E-state index in [0.29, 0.717) is 12.0 Å². The molecule has 25 heavy (non-hydrogen) atoms. The molecule has 1 saturated carbocycles. The molecule has 0 bridgehead atoms. The van der Waals surface area contributed by atoms with E-state index in [1.165, 1.54) is 12.8 Å². The first-order chi connectivity index (χ1) is 12.3. The van der Waals surface area contributed by atoms with Crippen molar-refractivity contribution in [2.75, 3.05) is 49.2 Å². The zero-order valence-corrected chi connectivity index (χ0v) is 15.0. The van der Waals surface area contributed by atoms with Gasteiger partial charge in [0.2, 0.25) is 0 Å². The summed E-state index contributed by atoms with van der Waals surface area (Å²) >= 11 is 0. The molecule has 2 aliphatic heterocycles. The highest BCUT2D eigenvalue weighted by Gasteiger charge is 2.27. The summed E-state index contributed by atoms with van der Waals surface area (Å²) in [5, 5.41) is 9.46. The summed E-state index contributed by atoms with van der Waals surface area (Å²) in [6, 6.07) is 2.11. The molecule has 2 atom stereocenters. The lowest BCUT2D eigenvalue weighted by molar-refractivity contribution is 0.0367. The molecule has 4 rings (SSSR count). The minimum atomic E-state index is 0.264. The maximum atomic E-state index is 9.46. The van der Waals surface area contributed by atoms with Crippen molar-refractivity contribution >= 4 is 11.6 Å². The second kappa shape index (κ2) is 7.87. The van der Waals surface area contributed by atoms with Gasteiger partial charge in [-0.15, -0.1) is 0 Å². The van der Waals surface area contributed by atoms with Crippen molar-refractivity contribution in [2.24, 2.45) is 11.8 Å². The number of ether oxygens (including phenoxy) is 1. The number of rotatable bonds is 6. The van der Waals surface area contributed by atoms with Gasteiger partial charge in [0, 0.05) is 45.5 Å². The first-order valence-electron chi connectivity index (χ1n) is 9.86. The molecule has 0 aromatic carbocycles. The molecule has 1 aliphatic carbocycles. The molecule has 1 aromatic rings. The fourth-order valence-corrected chi connectivity index (χ4v) is 3.94. The molecule has 0 radical (unpaired) electrons. The SMILES string of the molecule is OCC1CCCN(c2cc(N3CCCC(OCC4CC4)C3)ncn2)C1. The van der Waals surface area contributed by atoms with Gasteiger partial charge in [0.05, 0.1) is 6.10 Å². The van der Waals surface area contributed by atoms with Crippen molar-refractivity contribution < 1.29 is 9.84 Å². The Balaban J connectivity index is 1.39. The largest absolute Gasteiger partial charge is 0.396 e. The summed E-state index contributed by atoms with van der Waals surface area (Å²) in [6.07, 6.45) is 9.24. The summed E-state index contributed by atoms with van der Waals surface area (Å²) in [6.45, 7) is 5.08. The lowest BCUT2D eigenvalue weighted by atomic mass is 9.99. The van der Waals surface area contributed by atoms with E-state index in [-0.39, 0.29) is 6.61 Å². The lowest BCUT2D eigenvalue weighted by Crippen LogP contribution is -2.41. The summed E-state index contributed by atoms with van der Waals surface area (Å²) < 4.78 is 6.11. The number of nitrogens with zero attached hydrogens (tertiary/aromatic N) is 4. The number of hydrogen-bond acceptors (Lipinski definition) is 6. The van der Waals surface area contributed by atoms with Gasteiger partial charge in [-0.1, -0.05) is 0 Å². The Hall–Kier alpha value is -1.40. The Morgan fingerprint density at radius 2 is 1.68 bits per heavy atom. The van der Waals surface area contributed by atoms with Crippen LogP contribution < -0.4 is 9.80 Å². The molecule has 3 aliphatic rings. The van der Waals surface area contributed by atoms with Crippen LogP contribution >= 0.6 is 0 Å². The molecule has 1 aromatic heterocycles. The fraction of sp³-hybridized carbons (Fsp3) is 0.789. The summed E-state index contributed by atoms with van der Waals surface area (Å²) in [4.78, 5) is 13.7. The van der Waals surface area contributed by atoms with Crippen LogP contribution in [0.4, 0.5) is 11.6 Å². The van der Waals surface area contributed by atoms with E-state index in [9.17, 15) is 5.11 Å². The zero-order chi connectivity index (χ0) is 17.1. The summed E-state index contributed by atoms with van der Waals surface area (Å²) in [5.74, 6) is 3.18. The Morgan fingerprint density at radius 1 is 0.960 bits per heavy atom. The minimum Gasteiger partial charge on any atom is -0.396 e. The number of aliphatic hydroxyl groups excluding tert-OH is 1. The first kappa shape index (κ1) is 17.0. The van der Waals surface area contributed by atoms with Crippen LogP contribution in [0.25, 0.3) is 0 Å². The van der Waals surface area contributed by atoms with Crippen molar-refractivity contribution in [3.8, 4) is 0 Å². The average molecular weight is 346 g/mol. The Bertz CT molecular complexity index is 566. The van der Waals surface area contributed by atoms with Crippen LogP contribution in [-0.4, -0.2) is 60.6 Å². The maximum absolute atomic E-state index is 9.46. The molecule has 138 valence electrons. The molecule has 0 spiro atoms. The highest BCUT2D eigenvalue weighted by molar-refractivity contribution is 5.50. The van der Waals surface area contributed by atoms with Crippen LogP contribution in [-0.2, 0) is 4.74 Å². The number of aromatic nitrogens is 2. The van der Waals surface area contributed by atoms with Crippen molar-refractivity contribution in [3.63, 3.8) is 0 Å². The van der Waals surface area contributed by atoms with Crippen LogP contribution in [0.5, 0.6) is 0 Å². The number of piperidine rings is 2. The Morgan fingerprint density at radius 3 is 2.40 bits per heavy atom. The molecule has 3 fully saturated rings. The smallest absolute Gasteiger partial charge is 0.134 e. The molecule has 2 saturated heterocycles. The molecule has 6 nitrogen and oxygen atoms in total. The average Bonchev–Trinajstić information content (AvgIpc) is 3.51. The lowest BCUT2D eigenvalue weighted by Gasteiger charge is -2.35. The molecule has 2 unspecified atom stereocenters. The van der Waals surface area contributed by atoms with E-state index in [1.807, 2.05) is 0 Å². The van der Waals surface area contributed by atoms with Crippen LogP contribution in [0.1, 0.15) is 38.5 Å². The maximum Gasteiger partial charge on any atom is 0.134 e. The highest BCUT2D eigenvalue weighted by Crippen LogP contribution is 2.30. The Labute approximate surface area is 150 Å². The standard InChI is InChI=1S/C19H30N4O2/c24-12-16-3-1-7-22(10-16)18-9-19(21-14-20-18)23-8-2-4-17(11-23)25-13-15-5-6-15/h9,14-17,24H,1-8,10-13H2. The topological polar surface area (TPSA) is 61.7 Å². The van der Waals surface area contributed by atoms with Gasteiger partial charge in [-0.3, -0.25) is 0 Å². The van der Waals surface area contributed by atoms with Crippen molar-refractivity contribution in [2.45, 2.75) is 44.6 Å². The third kappa shape index (κ3) is 4.42. The second-order valence-electron chi connectivity index (χ2n) is 7.86. The number of anilines is 2. The van der Waals surface area contributed by atoms with Crippen LogP contribution in [0, 0.1) is 11.8 Å². The van der Waals surface area contributed by atoms with Gasteiger partial charge in [0.1, 0.15) is 18.0 Å². The van der Waals surface area contributed by atoms with Crippen LogP contribution in [0.3, 0.4) is 0 Å². The van der Waals surface area contributed by atoms with Crippen molar-refractivity contribution in [1.82, 2.24) is 9.97 Å².